The van der Waals surface area contributed by atoms with Crippen molar-refractivity contribution in [3.63, 3.8) is 0 Å². The van der Waals surface area contributed by atoms with Gasteiger partial charge in [0.05, 0.1) is 10.6 Å². The fraction of sp³-hybridized carbons (Fsp3) is 0.667. The lowest BCUT2D eigenvalue weighted by Gasteiger charge is -2.25. The average Bonchev–Trinajstić information content (AvgIpc) is 2.86. The molecule has 0 aliphatic carbocycles. The van der Waals surface area contributed by atoms with Crippen LogP contribution in [0.4, 0.5) is 4.79 Å². The summed E-state index contributed by atoms with van der Waals surface area (Å²) in [5, 5.41) is 5.84. The highest BCUT2D eigenvalue weighted by atomic mass is 32.1. The number of hydrogen-bond donors (Lipinski definition) is 1. The Bertz CT molecular complexity index is 365. The molecule has 0 aliphatic heterocycles. The van der Waals surface area contributed by atoms with Crippen molar-refractivity contribution >= 4 is 17.4 Å². The monoisotopic (exact) mass is 271 g/mol. The van der Waals surface area contributed by atoms with Crippen molar-refractivity contribution in [1.82, 2.24) is 15.2 Å². The van der Waals surface area contributed by atoms with E-state index < -0.39 is 0 Å². The highest BCUT2D eigenvalue weighted by molar-refractivity contribution is 7.09. The molecule has 102 valence electrons. The zero-order valence-corrected chi connectivity index (χ0v) is 12.2. The number of amides is 2. The third-order valence-electron chi connectivity index (χ3n) is 2.71. The highest BCUT2D eigenvalue weighted by Crippen LogP contribution is 2.06. The van der Waals surface area contributed by atoms with Crippen LogP contribution >= 0.6 is 11.3 Å². The van der Waals surface area contributed by atoms with E-state index in [1.807, 2.05) is 19.2 Å². The summed E-state index contributed by atoms with van der Waals surface area (Å²) in [5.74, 6) is 0. The molecule has 0 aliphatic rings. The molecule has 2 amide bonds. The first-order chi connectivity index (χ1) is 8.44. The fourth-order valence-corrected chi connectivity index (χ4v) is 1.85. The van der Waals surface area contributed by atoms with E-state index in [4.69, 9.17) is 4.74 Å². The van der Waals surface area contributed by atoms with E-state index >= 15 is 0 Å². The third-order valence-corrected chi connectivity index (χ3v) is 3.55. The number of hydrogen-bond acceptors (Lipinski definition) is 4. The van der Waals surface area contributed by atoms with Gasteiger partial charge in [-0.25, -0.2) is 9.78 Å². The topological polar surface area (TPSA) is 54.5 Å². The lowest BCUT2D eigenvalue weighted by atomic mass is 10.1. The van der Waals surface area contributed by atoms with Gasteiger partial charge in [0, 0.05) is 45.2 Å². The van der Waals surface area contributed by atoms with Gasteiger partial charge in [0.25, 0.3) is 0 Å². The van der Waals surface area contributed by atoms with Crippen LogP contribution in [0.5, 0.6) is 0 Å². The number of aromatic nitrogens is 1. The number of carbonyl (C=O) groups excluding carboxylic acids is 1. The predicted octanol–water partition coefficient (Wildman–Crippen LogP) is 1.75. The van der Waals surface area contributed by atoms with Crippen molar-refractivity contribution in [2.75, 3.05) is 27.2 Å². The molecule has 0 atom stereocenters. The molecule has 0 saturated heterocycles. The molecule has 0 aromatic carbocycles. The molecule has 1 heterocycles. The van der Waals surface area contributed by atoms with Crippen LogP contribution in [0.15, 0.2) is 11.6 Å². The van der Waals surface area contributed by atoms with Gasteiger partial charge >= 0.3 is 6.03 Å². The van der Waals surface area contributed by atoms with Gasteiger partial charge in [0.2, 0.25) is 0 Å². The molecule has 1 aromatic heterocycles. The molecule has 1 aromatic rings. The van der Waals surface area contributed by atoms with Crippen molar-refractivity contribution < 1.29 is 9.53 Å². The van der Waals surface area contributed by atoms with Crippen molar-refractivity contribution in [3.05, 3.63) is 16.6 Å². The summed E-state index contributed by atoms with van der Waals surface area (Å²) in [6.45, 7) is 5.02. The first-order valence-corrected chi connectivity index (χ1v) is 6.75. The molecular formula is C12H21N3O2S. The number of ether oxygens (including phenoxy) is 1. The maximum atomic E-state index is 11.8. The lowest BCUT2D eigenvalue weighted by molar-refractivity contribution is 0.0245. The van der Waals surface area contributed by atoms with Crippen molar-refractivity contribution in [2.24, 2.45) is 0 Å². The van der Waals surface area contributed by atoms with Crippen LogP contribution in [0.3, 0.4) is 0 Å². The Morgan fingerprint density at radius 1 is 1.61 bits per heavy atom. The highest BCUT2D eigenvalue weighted by Gasteiger charge is 2.18. The third kappa shape index (κ3) is 5.01. The Kier molecular flexibility index (Phi) is 5.55. The van der Waals surface area contributed by atoms with Gasteiger partial charge in [-0.15, -0.1) is 11.3 Å². The summed E-state index contributed by atoms with van der Waals surface area (Å²) < 4.78 is 5.25. The zero-order valence-electron chi connectivity index (χ0n) is 11.4. The predicted molar refractivity (Wildman–Crippen MR) is 72.9 cm³/mol. The standard InChI is InChI=1S/C12H21N3O2S/c1-12(2,17-4)9-14-11(16)15(3)7-5-10-13-6-8-18-10/h6,8H,5,7,9H2,1-4H3,(H,14,16). The van der Waals surface area contributed by atoms with Crippen molar-refractivity contribution in [3.8, 4) is 0 Å². The maximum Gasteiger partial charge on any atom is 0.317 e. The number of nitrogens with zero attached hydrogens (tertiary/aromatic N) is 2. The van der Waals surface area contributed by atoms with E-state index in [0.717, 1.165) is 11.4 Å². The first-order valence-electron chi connectivity index (χ1n) is 5.87. The molecule has 0 unspecified atom stereocenters. The Hall–Kier alpha value is -1.14. The van der Waals surface area contributed by atoms with Crippen LogP contribution in [-0.2, 0) is 11.2 Å². The minimum absolute atomic E-state index is 0.0864. The molecule has 0 fully saturated rings. The Labute approximate surface area is 112 Å². The van der Waals surface area contributed by atoms with Gasteiger partial charge in [0.15, 0.2) is 0 Å². The van der Waals surface area contributed by atoms with Gasteiger partial charge in [-0.3, -0.25) is 0 Å². The maximum absolute atomic E-state index is 11.8. The number of nitrogens with one attached hydrogen (secondary N) is 1. The zero-order chi connectivity index (χ0) is 13.6. The number of likely N-dealkylation sites (N-methyl/N-ethyl adjacent to an activating group) is 1. The van der Waals surface area contributed by atoms with Crippen LogP contribution in [0, 0.1) is 0 Å². The molecule has 5 nitrogen and oxygen atoms in total. The minimum Gasteiger partial charge on any atom is -0.377 e. The molecule has 6 heteroatoms. The fourth-order valence-electron chi connectivity index (χ4n) is 1.24. The quantitative estimate of drug-likeness (QED) is 0.857. The molecule has 18 heavy (non-hydrogen) atoms. The van der Waals surface area contributed by atoms with Crippen LogP contribution in [-0.4, -0.2) is 48.8 Å². The number of thiazole rings is 1. The van der Waals surface area contributed by atoms with E-state index in [9.17, 15) is 4.79 Å². The van der Waals surface area contributed by atoms with E-state index in [2.05, 4.69) is 10.3 Å². The van der Waals surface area contributed by atoms with Crippen LogP contribution in [0.2, 0.25) is 0 Å². The van der Waals surface area contributed by atoms with Gasteiger partial charge in [-0.1, -0.05) is 0 Å². The summed E-state index contributed by atoms with van der Waals surface area (Å²) in [6.07, 6.45) is 2.57. The SMILES string of the molecule is COC(C)(C)CNC(=O)N(C)CCc1nccs1. The van der Waals surface area contributed by atoms with Gasteiger partial charge in [0.1, 0.15) is 0 Å². The smallest absolute Gasteiger partial charge is 0.317 e. The summed E-state index contributed by atoms with van der Waals surface area (Å²) in [4.78, 5) is 17.7. The van der Waals surface area contributed by atoms with Crippen LogP contribution in [0.1, 0.15) is 18.9 Å². The molecular weight excluding hydrogens is 250 g/mol. The van der Waals surface area contributed by atoms with E-state index in [0.29, 0.717) is 13.1 Å². The molecule has 1 N–H and O–H groups in total. The number of urea groups is 1. The second-order valence-corrected chi connectivity index (χ2v) is 5.70. The van der Waals surface area contributed by atoms with Gasteiger partial charge in [-0.05, 0) is 13.8 Å². The Balaban J connectivity index is 2.29. The molecule has 0 spiro atoms. The first kappa shape index (κ1) is 14.9. The molecule has 0 saturated carbocycles. The number of rotatable bonds is 6. The second-order valence-electron chi connectivity index (χ2n) is 4.72. The van der Waals surface area contributed by atoms with Crippen molar-refractivity contribution in [2.45, 2.75) is 25.9 Å². The lowest BCUT2D eigenvalue weighted by Crippen LogP contribution is -2.45. The number of methoxy groups -OCH3 is 1. The molecule has 1 rings (SSSR count). The second kappa shape index (κ2) is 6.70. The Morgan fingerprint density at radius 2 is 2.33 bits per heavy atom. The van der Waals surface area contributed by atoms with E-state index in [1.165, 1.54) is 0 Å². The summed E-state index contributed by atoms with van der Waals surface area (Å²) >= 11 is 1.61. The summed E-state index contributed by atoms with van der Waals surface area (Å²) in [6, 6.07) is -0.0864. The van der Waals surface area contributed by atoms with Crippen molar-refractivity contribution in [1.29, 1.82) is 0 Å². The number of carbonyl (C=O) groups is 1. The van der Waals surface area contributed by atoms with Gasteiger partial charge in [-0.2, -0.15) is 0 Å². The van der Waals surface area contributed by atoms with Crippen LogP contribution in [0.25, 0.3) is 0 Å². The Morgan fingerprint density at radius 3 is 2.89 bits per heavy atom. The molecule has 0 radical (unpaired) electrons. The molecule has 0 bridgehead atoms. The summed E-state index contributed by atoms with van der Waals surface area (Å²) in [5.41, 5.74) is -0.341. The summed E-state index contributed by atoms with van der Waals surface area (Å²) in [7, 11) is 3.42. The van der Waals surface area contributed by atoms with Gasteiger partial charge < -0.3 is 15.0 Å². The van der Waals surface area contributed by atoms with E-state index in [-0.39, 0.29) is 11.6 Å². The normalized spacial score (nSPS) is 11.3. The minimum atomic E-state index is -0.341. The largest absolute Gasteiger partial charge is 0.377 e. The van der Waals surface area contributed by atoms with Crippen LogP contribution < -0.4 is 5.32 Å². The van der Waals surface area contributed by atoms with E-state index in [1.54, 1.807) is 36.6 Å². The average molecular weight is 271 g/mol.